The van der Waals surface area contributed by atoms with E-state index >= 15 is 0 Å². The fourth-order valence-electron chi connectivity index (χ4n) is 7.70. The van der Waals surface area contributed by atoms with Gasteiger partial charge in [0.25, 0.3) is 0 Å². The highest BCUT2D eigenvalue weighted by molar-refractivity contribution is 5.95. The van der Waals surface area contributed by atoms with Crippen molar-refractivity contribution in [2.75, 3.05) is 0 Å². The Hall–Kier alpha value is -4.92. The molecule has 1 heterocycles. The summed E-state index contributed by atoms with van der Waals surface area (Å²) in [5.74, 6) is -0.354. The van der Waals surface area contributed by atoms with Gasteiger partial charge in [-0.2, -0.15) is 0 Å². The molecule has 0 N–H and O–H groups in total. The molecule has 0 radical (unpaired) electrons. The van der Waals surface area contributed by atoms with Crippen molar-refractivity contribution in [3.05, 3.63) is 94.8 Å². The quantitative estimate of drug-likeness (QED) is 0.255. The van der Waals surface area contributed by atoms with Gasteiger partial charge in [-0.05, 0) is 79.5 Å². The number of esters is 4. The molecule has 1 aliphatic heterocycles. The molecule has 3 aromatic rings. The molecule has 9 nitrogen and oxygen atoms in total. The van der Waals surface area contributed by atoms with Crippen LogP contribution in [0.1, 0.15) is 71.4 Å². The molecule has 7 rings (SSSR count). The highest BCUT2D eigenvalue weighted by atomic mass is 16.6. The van der Waals surface area contributed by atoms with E-state index in [0.717, 1.165) is 43.2 Å². The lowest BCUT2D eigenvalue weighted by atomic mass is 9.49. The van der Waals surface area contributed by atoms with Crippen molar-refractivity contribution in [3.8, 4) is 23.0 Å². The molecular weight excluding hydrogens is 564 g/mol. The second kappa shape index (κ2) is 10.7. The highest BCUT2D eigenvalue weighted by Crippen LogP contribution is 2.66. The fraction of sp³-hybridized carbons (Fsp3) is 0.314. The minimum Gasteiger partial charge on any atom is -0.477 e. The first-order chi connectivity index (χ1) is 21.3. The summed E-state index contributed by atoms with van der Waals surface area (Å²) in [5, 5.41) is 0. The van der Waals surface area contributed by atoms with Gasteiger partial charge in [0, 0.05) is 24.8 Å². The van der Waals surface area contributed by atoms with Crippen LogP contribution in [-0.4, -0.2) is 30.0 Å². The lowest BCUT2D eigenvalue weighted by Crippen LogP contribution is -2.55. The summed E-state index contributed by atoms with van der Waals surface area (Å²) in [4.78, 5) is 50.1. The van der Waals surface area contributed by atoms with Crippen LogP contribution in [0.3, 0.4) is 0 Å². The maximum absolute atomic E-state index is 13.5. The zero-order chi connectivity index (χ0) is 30.6. The SMILES string of the molecule is CC(=O)Oc1ccccc1C(=O)OC1=CCC2C3CCCC24c2c(ccc(OC(=O)c5ccccc5OC(C)=O)c2OC14)C3. The number of hydrogen-bond acceptors (Lipinski definition) is 9. The molecule has 44 heavy (non-hydrogen) atoms. The van der Waals surface area contributed by atoms with Gasteiger partial charge in [-0.1, -0.05) is 36.8 Å². The average Bonchev–Trinajstić information content (AvgIpc) is 3.33. The van der Waals surface area contributed by atoms with Crippen molar-refractivity contribution in [1.29, 1.82) is 0 Å². The van der Waals surface area contributed by atoms with Crippen LogP contribution in [-0.2, 0) is 26.2 Å². The van der Waals surface area contributed by atoms with E-state index in [2.05, 4.69) is 0 Å². The van der Waals surface area contributed by atoms with Crippen molar-refractivity contribution in [2.45, 2.75) is 57.5 Å². The second-order valence-corrected chi connectivity index (χ2v) is 11.7. The van der Waals surface area contributed by atoms with Gasteiger partial charge in [-0.15, -0.1) is 0 Å². The number of carbonyl (C=O) groups excluding carboxylic acids is 4. The van der Waals surface area contributed by atoms with Crippen LogP contribution in [0, 0.1) is 11.8 Å². The summed E-state index contributed by atoms with van der Waals surface area (Å²) in [6.45, 7) is 2.54. The van der Waals surface area contributed by atoms with Crippen molar-refractivity contribution < 1.29 is 42.9 Å². The van der Waals surface area contributed by atoms with Gasteiger partial charge in [-0.25, -0.2) is 9.59 Å². The van der Waals surface area contributed by atoms with Gasteiger partial charge in [0.15, 0.2) is 17.6 Å². The first-order valence-electron chi connectivity index (χ1n) is 14.8. The first kappa shape index (κ1) is 27.9. The molecule has 0 amide bonds. The Balaban J connectivity index is 1.24. The zero-order valence-electron chi connectivity index (χ0n) is 24.3. The monoisotopic (exact) mass is 594 g/mol. The Labute approximate surface area is 253 Å². The molecule has 9 heteroatoms. The lowest BCUT2D eigenvalue weighted by molar-refractivity contribution is -0.132. The fourth-order valence-corrected chi connectivity index (χ4v) is 7.70. The third kappa shape index (κ3) is 4.46. The number of rotatable bonds is 6. The molecule has 3 aliphatic carbocycles. The lowest BCUT2D eigenvalue weighted by Gasteiger charge is -2.53. The van der Waals surface area contributed by atoms with E-state index in [-0.39, 0.29) is 34.3 Å². The number of allylic oxidation sites excluding steroid dienone is 1. The van der Waals surface area contributed by atoms with E-state index in [0.29, 0.717) is 17.4 Å². The van der Waals surface area contributed by atoms with Gasteiger partial charge in [0.1, 0.15) is 28.4 Å². The van der Waals surface area contributed by atoms with Crippen molar-refractivity contribution in [2.24, 2.45) is 11.8 Å². The summed E-state index contributed by atoms with van der Waals surface area (Å²) in [6.07, 6.45) is 5.90. The molecule has 1 fully saturated rings. The van der Waals surface area contributed by atoms with E-state index in [1.807, 2.05) is 12.1 Å². The maximum Gasteiger partial charge on any atom is 0.347 e. The van der Waals surface area contributed by atoms with E-state index in [1.165, 1.54) is 26.0 Å². The van der Waals surface area contributed by atoms with Gasteiger partial charge in [0.2, 0.25) is 0 Å². The number of hydrogen-bond donors (Lipinski definition) is 0. The zero-order valence-corrected chi connectivity index (χ0v) is 24.3. The molecule has 0 aromatic heterocycles. The minimum absolute atomic E-state index is 0.105. The predicted octanol–water partition coefficient (Wildman–Crippen LogP) is 5.87. The standard InChI is InChI=1S/C35H30O9/c1-19(36)40-26-11-5-3-9-23(26)33(38)42-28-15-13-22-18-21-8-7-17-35-25(21)14-16-29(32(35)44-31(28)30(22)35)43-34(39)24-10-4-6-12-27(24)41-20(2)37/h3-6,9-13,15-16,21,25,32H,7-8,14,17-18H2,1-2H3. The van der Waals surface area contributed by atoms with Crippen LogP contribution in [0.4, 0.5) is 0 Å². The summed E-state index contributed by atoms with van der Waals surface area (Å²) < 4.78 is 29.1. The predicted molar refractivity (Wildman–Crippen MR) is 156 cm³/mol. The van der Waals surface area contributed by atoms with Crippen molar-refractivity contribution in [1.82, 2.24) is 0 Å². The van der Waals surface area contributed by atoms with Crippen LogP contribution in [0.5, 0.6) is 23.0 Å². The van der Waals surface area contributed by atoms with Gasteiger partial charge in [-0.3, -0.25) is 9.59 Å². The number of benzene rings is 3. The van der Waals surface area contributed by atoms with Crippen molar-refractivity contribution >= 4 is 23.9 Å². The molecule has 3 aromatic carbocycles. The van der Waals surface area contributed by atoms with Crippen LogP contribution >= 0.6 is 0 Å². The Morgan fingerprint density at radius 3 is 2.07 bits per heavy atom. The van der Waals surface area contributed by atoms with Gasteiger partial charge < -0.3 is 23.7 Å². The molecule has 224 valence electrons. The topological polar surface area (TPSA) is 114 Å². The number of ether oxygens (including phenoxy) is 5. The van der Waals surface area contributed by atoms with Crippen LogP contribution in [0.25, 0.3) is 0 Å². The van der Waals surface area contributed by atoms with Crippen LogP contribution in [0.2, 0.25) is 0 Å². The third-order valence-corrected chi connectivity index (χ3v) is 9.22. The van der Waals surface area contributed by atoms with Crippen LogP contribution in [0.15, 0.2) is 72.5 Å². The largest absolute Gasteiger partial charge is 0.477 e. The highest BCUT2D eigenvalue weighted by Gasteiger charge is 2.63. The smallest absolute Gasteiger partial charge is 0.347 e. The van der Waals surface area contributed by atoms with E-state index in [9.17, 15) is 19.2 Å². The normalized spacial score (nSPS) is 23.8. The molecule has 4 unspecified atom stereocenters. The van der Waals surface area contributed by atoms with E-state index < -0.39 is 35.4 Å². The van der Waals surface area contributed by atoms with E-state index in [4.69, 9.17) is 23.7 Å². The molecule has 4 aliphatic rings. The Morgan fingerprint density at radius 2 is 1.41 bits per heavy atom. The maximum atomic E-state index is 13.5. The third-order valence-electron chi connectivity index (χ3n) is 9.22. The van der Waals surface area contributed by atoms with E-state index in [1.54, 1.807) is 42.5 Å². The van der Waals surface area contributed by atoms with Gasteiger partial charge in [0.05, 0.1) is 0 Å². The number of carbonyl (C=O) groups is 4. The molecule has 1 saturated carbocycles. The van der Waals surface area contributed by atoms with Gasteiger partial charge >= 0.3 is 23.9 Å². The molecule has 4 atom stereocenters. The van der Waals surface area contributed by atoms with Crippen molar-refractivity contribution in [3.63, 3.8) is 0 Å². The second-order valence-electron chi connectivity index (χ2n) is 11.7. The number of para-hydroxylation sites is 2. The summed E-state index contributed by atoms with van der Waals surface area (Å²) in [7, 11) is 0. The summed E-state index contributed by atoms with van der Waals surface area (Å²) >= 11 is 0. The Bertz CT molecular complexity index is 1750. The Morgan fingerprint density at radius 1 is 0.773 bits per heavy atom. The summed E-state index contributed by atoms with van der Waals surface area (Å²) in [5.41, 5.74) is 1.97. The molecule has 1 spiro atoms. The average molecular weight is 595 g/mol. The minimum atomic E-state index is -0.688. The first-order valence-corrected chi connectivity index (χ1v) is 14.8. The molecular formula is C35H30O9. The molecule has 0 saturated heterocycles. The summed E-state index contributed by atoms with van der Waals surface area (Å²) in [6, 6.07) is 16.6. The molecule has 2 bridgehead atoms. The van der Waals surface area contributed by atoms with Crippen LogP contribution < -0.4 is 18.9 Å². The Kier molecular flexibility index (Phi) is 6.76.